The summed E-state index contributed by atoms with van der Waals surface area (Å²) >= 11 is 7.25. The number of halogens is 1. The van der Waals surface area contributed by atoms with Crippen LogP contribution in [0.25, 0.3) is 16.6 Å². The minimum atomic E-state index is -0.511. The Labute approximate surface area is 200 Å². The molecule has 8 heteroatoms. The maximum absolute atomic E-state index is 13.3. The van der Waals surface area contributed by atoms with Gasteiger partial charge in [-0.25, -0.2) is 4.98 Å². The lowest BCUT2D eigenvalue weighted by atomic mass is 10.2. The van der Waals surface area contributed by atoms with E-state index in [1.54, 1.807) is 73.7 Å². The first kappa shape index (κ1) is 22.9. The maximum atomic E-state index is 13.3. The van der Waals surface area contributed by atoms with Crippen molar-refractivity contribution in [3.8, 4) is 11.4 Å². The molecular formula is C25H22ClN3O3S. The van der Waals surface area contributed by atoms with Crippen LogP contribution in [-0.4, -0.2) is 27.3 Å². The zero-order chi connectivity index (χ0) is 23.4. The molecule has 0 fully saturated rings. The van der Waals surface area contributed by atoms with Crippen LogP contribution in [0.4, 0.5) is 5.69 Å². The molecule has 1 atom stereocenters. The van der Waals surface area contributed by atoms with E-state index in [9.17, 15) is 9.59 Å². The fraction of sp³-hybridized carbons (Fsp3) is 0.160. The molecule has 168 valence electrons. The lowest BCUT2D eigenvalue weighted by Crippen LogP contribution is -2.26. The Morgan fingerprint density at radius 1 is 1.09 bits per heavy atom. The molecule has 0 radical (unpaired) electrons. The smallest absolute Gasteiger partial charge is 0.266 e. The summed E-state index contributed by atoms with van der Waals surface area (Å²) in [6.45, 7) is 4.27. The van der Waals surface area contributed by atoms with Crippen molar-refractivity contribution in [3.63, 3.8) is 0 Å². The van der Waals surface area contributed by atoms with Gasteiger partial charge in [0.1, 0.15) is 5.75 Å². The number of hydrogen-bond donors (Lipinski definition) is 1. The summed E-state index contributed by atoms with van der Waals surface area (Å²) in [5.41, 5.74) is 1.67. The van der Waals surface area contributed by atoms with Crippen LogP contribution in [0.3, 0.4) is 0 Å². The van der Waals surface area contributed by atoms with E-state index in [4.69, 9.17) is 21.3 Å². The number of fused-ring (bicyclic) bond motifs is 1. The van der Waals surface area contributed by atoms with E-state index in [0.717, 1.165) is 5.75 Å². The molecular weight excluding hydrogens is 458 g/mol. The van der Waals surface area contributed by atoms with Crippen LogP contribution in [0, 0.1) is 0 Å². The Kier molecular flexibility index (Phi) is 7.01. The number of ether oxygens (including phenoxy) is 1. The number of hydrogen-bond acceptors (Lipinski definition) is 5. The lowest BCUT2D eigenvalue weighted by Gasteiger charge is -2.16. The van der Waals surface area contributed by atoms with Gasteiger partial charge in [0.15, 0.2) is 5.16 Å². The van der Waals surface area contributed by atoms with E-state index < -0.39 is 5.25 Å². The number of thioether (sulfide) groups is 1. The summed E-state index contributed by atoms with van der Waals surface area (Å²) in [7, 11) is 0. The van der Waals surface area contributed by atoms with E-state index in [-0.39, 0.29) is 11.5 Å². The molecule has 1 amide bonds. The summed E-state index contributed by atoms with van der Waals surface area (Å²) < 4.78 is 6.95. The highest BCUT2D eigenvalue weighted by Crippen LogP contribution is 2.27. The number of nitrogens with zero attached hydrogens (tertiary/aromatic N) is 2. The standard InChI is InChI=1S/C25H22ClN3O3S/c1-3-32-20-14-10-18(11-15-20)27-23(30)16(2)33-25-28-22-7-5-4-6-21(22)24(31)29(25)19-12-8-17(26)9-13-19/h4-16H,3H2,1-2H3,(H,27,30). The van der Waals surface area contributed by atoms with Gasteiger partial charge >= 0.3 is 0 Å². The highest BCUT2D eigenvalue weighted by atomic mass is 35.5. The predicted molar refractivity (Wildman–Crippen MR) is 134 cm³/mol. The van der Waals surface area contributed by atoms with Crippen molar-refractivity contribution in [3.05, 3.63) is 88.2 Å². The van der Waals surface area contributed by atoms with E-state index in [2.05, 4.69) is 5.32 Å². The lowest BCUT2D eigenvalue weighted by molar-refractivity contribution is -0.115. The average Bonchev–Trinajstić information content (AvgIpc) is 2.81. The molecule has 1 N–H and O–H groups in total. The van der Waals surface area contributed by atoms with Crippen molar-refractivity contribution in [1.29, 1.82) is 0 Å². The first-order valence-corrected chi connectivity index (χ1v) is 11.7. The normalized spacial score (nSPS) is 11.8. The molecule has 0 aliphatic heterocycles. The zero-order valence-corrected chi connectivity index (χ0v) is 19.7. The first-order chi connectivity index (χ1) is 16.0. The first-order valence-electron chi connectivity index (χ1n) is 10.4. The Bertz CT molecular complexity index is 1340. The second kappa shape index (κ2) is 10.1. The number of para-hydroxylation sites is 1. The zero-order valence-electron chi connectivity index (χ0n) is 18.1. The van der Waals surface area contributed by atoms with E-state index in [0.29, 0.717) is 39.1 Å². The van der Waals surface area contributed by atoms with Gasteiger partial charge in [-0.3, -0.25) is 14.2 Å². The monoisotopic (exact) mass is 479 g/mol. The second-order valence-electron chi connectivity index (χ2n) is 7.24. The summed E-state index contributed by atoms with van der Waals surface area (Å²) in [4.78, 5) is 30.9. The fourth-order valence-electron chi connectivity index (χ4n) is 3.27. The average molecular weight is 480 g/mol. The molecule has 4 aromatic rings. The van der Waals surface area contributed by atoms with Gasteiger partial charge in [0.25, 0.3) is 5.56 Å². The number of benzene rings is 3. The quantitative estimate of drug-likeness (QED) is 0.277. The molecule has 0 spiro atoms. The van der Waals surface area contributed by atoms with Gasteiger partial charge in [-0.05, 0) is 74.5 Å². The van der Waals surface area contributed by atoms with Crippen LogP contribution in [-0.2, 0) is 4.79 Å². The Morgan fingerprint density at radius 2 is 1.79 bits per heavy atom. The molecule has 1 aromatic heterocycles. The molecule has 0 bridgehead atoms. The van der Waals surface area contributed by atoms with Crippen LogP contribution in [0.5, 0.6) is 5.75 Å². The number of carbonyl (C=O) groups excluding carboxylic acids is 1. The number of anilines is 1. The third kappa shape index (κ3) is 5.21. The summed E-state index contributed by atoms with van der Waals surface area (Å²) in [5.74, 6) is 0.541. The van der Waals surface area contributed by atoms with Gasteiger partial charge in [-0.1, -0.05) is 35.5 Å². The van der Waals surface area contributed by atoms with Crippen LogP contribution in [0.2, 0.25) is 5.02 Å². The molecule has 0 aliphatic rings. The van der Waals surface area contributed by atoms with Gasteiger partial charge in [0.2, 0.25) is 5.91 Å². The summed E-state index contributed by atoms with van der Waals surface area (Å²) in [6.07, 6.45) is 0. The van der Waals surface area contributed by atoms with Crippen molar-refractivity contribution in [2.45, 2.75) is 24.3 Å². The van der Waals surface area contributed by atoms with Crippen LogP contribution in [0.1, 0.15) is 13.8 Å². The summed E-state index contributed by atoms with van der Waals surface area (Å²) in [5, 5.41) is 3.89. The van der Waals surface area contributed by atoms with Gasteiger partial charge < -0.3 is 10.1 Å². The van der Waals surface area contributed by atoms with Gasteiger partial charge in [-0.15, -0.1) is 0 Å². The van der Waals surface area contributed by atoms with Crippen molar-refractivity contribution in [2.24, 2.45) is 0 Å². The third-order valence-electron chi connectivity index (χ3n) is 4.91. The number of nitrogens with one attached hydrogen (secondary N) is 1. The molecule has 0 saturated carbocycles. The van der Waals surface area contributed by atoms with Crippen LogP contribution in [0.15, 0.2) is 82.7 Å². The van der Waals surface area contributed by atoms with Crippen molar-refractivity contribution >= 4 is 45.9 Å². The Balaban J connectivity index is 1.64. The molecule has 3 aromatic carbocycles. The van der Waals surface area contributed by atoms with Crippen molar-refractivity contribution in [1.82, 2.24) is 9.55 Å². The molecule has 0 saturated heterocycles. The largest absolute Gasteiger partial charge is 0.494 e. The SMILES string of the molecule is CCOc1ccc(NC(=O)C(C)Sc2nc3ccccc3c(=O)n2-c2ccc(Cl)cc2)cc1. The van der Waals surface area contributed by atoms with E-state index in [1.807, 2.05) is 13.0 Å². The number of rotatable bonds is 7. The molecule has 1 unspecified atom stereocenters. The van der Waals surface area contributed by atoms with Crippen LogP contribution >= 0.6 is 23.4 Å². The number of amides is 1. The third-order valence-corrected chi connectivity index (χ3v) is 6.22. The topological polar surface area (TPSA) is 73.2 Å². The van der Waals surface area contributed by atoms with Gasteiger partial charge in [-0.2, -0.15) is 0 Å². The highest BCUT2D eigenvalue weighted by Gasteiger charge is 2.20. The molecule has 0 aliphatic carbocycles. The minimum absolute atomic E-state index is 0.200. The molecule has 6 nitrogen and oxygen atoms in total. The maximum Gasteiger partial charge on any atom is 0.266 e. The van der Waals surface area contributed by atoms with Crippen molar-refractivity contribution < 1.29 is 9.53 Å². The van der Waals surface area contributed by atoms with Gasteiger partial charge in [0, 0.05) is 10.7 Å². The predicted octanol–water partition coefficient (Wildman–Crippen LogP) is 5.56. The fourth-order valence-corrected chi connectivity index (χ4v) is 4.32. The van der Waals surface area contributed by atoms with Crippen molar-refractivity contribution in [2.75, 3.05) is 11.9 Å². The summed E-state index contributed by atoms with van der Waals surface area (Å²) in [6, 6.07) is 21.3. The molecule has 1 heterocycles. The van der Waals surface area contributed by atoms with E-state index in [1.165, 1.54) is 16.3 Å². The number of carbonyl (C=O) groups is 1. The minimum Gasteiger partial charge on any atom is -0.494 e. The van der Waals surface area contributed by atoms with E-state index >= 15 is 0 Å². The highest BCUT2D eigenvalue weighted by molar-refractivity contribution is 8.00. The molecule has 33 heavy (non-hydrogen) atoms. The van der Waals surface area contributed by atoms with Crippen LogP contribution < -0.4 is 15.6 Å². The molecule has 4 rings (SSSR count). The Hall–Kier alpha value is -3.29. The Morgan fingerprint density at radius 3 is 2.48 bits per heavy atom. The van der Waals surface area contributed by atoms with Gasteiger partial charge in [0.05, 0.1) is 28.4 Å². The number of aromatic nitrogens is 2. The second-order valence-corrected chi connectivity index (χ2v) is 8.98.